The molecule has 13 heavy (non-hydrogen) atoms. The first-order valence-electron chi connectivity index (χ1n) is 3.32. The number of halogens is 2. The predicted octanol–water partition coefficient (Wildman–Crippen LogP) is 0.707. The first-order chi connectivity index (χ1) is 6.06. The highest BCUT2D eigenvalue weighted by atomic mass is 19.3. The number of nitrogens with one attached hydrogen (secondary N) is 1. The number of aromatic nitrogens is 1. The summed E-state index contributed by atoms with van der Waals surface area (Å²) < 4.78 is 24.4. The van der Waals surface area contributed by atoms with Crippen molar-refractivity contribution in [2.75, 3.05) is 5.73 Å². The lowest BCUT2D eigenvalue weighted by atomic mass is 10.2. The van der Waals surface area contributed by atoms with Crippen molar-refractivity contribution in [1.29, 1.82) is 0 Å². The molecule has 0 bridgehead atoms. The minimum Gasteiger partial charge on any atom is -0.385 e. The number of aldehydes is 1. The Morgan fingerprint density at radius 3 is 2.62 bits per heavy atom. The SMILES string of the molecule is Nc1cc(=O)c(C(F)F)c(C=O)[nH]1. The van der Waals surface area contributed by atoms with E-state index in [-0.39, 0.29) is 12.1 Å². The van der Waals surface area contributed by atoms with Crippen LogP contribution < -0.4 is 11.2 Å². The van der Waals surface area contributed by atoms with Crippen molar-refractivity contribution in [3.05, 3.63) is 27.5 Å². The van der Waals surface area contributed by atoms with Gasteiger partial charge < -0.3 is 10.7 Å². The van der Waals surface area contributed by atoms with Crippen molar-refractivity contribution in [3.63, 3.8) is 0 Å². The molecule has 3 N–H and O–H groups in total. The number of aromatic amines is 1. The molecular weight excluding hydrogens is 182 g/mol. The van der Waals surface area contributed by atoms with Crippen LogP contribution >= 0.6 is 0 Å². The number of anilines is 1. The molecule has 0 radical (unpaired) electrons. The van der Waals surface area contributed by atoms with Crippen LogP contribution in [0.5, 0.6) is 0 Å². The van der Waals surface area contributed by atoms with Gasteiger partial charge in [-0.2, -0.15) is 0 Å². The summed E-state index contributed by atoms with van der Waals surface area (Å²) in [7, 11) is 0. The van der Waals surface area contributed by atoms with Gasteiger partial charge in [0.05, 0.1) is 11.3 Å². The topological polar surface area (TPSA) is 76.0 Å². The van der Waals surface area contributed by atoms with Gasteiger partial charge in [0.25, 0.3) is 6.43 Å². The van der Waals surface area contributed by atoms with Gasteiger partial charge in [-0.1, -0.05) is 0 Å². The molecule has 0 unspecified atom stereocenters. The Labute approximate surface area is 71.4 Å². The van der Waals surface area contributed by atoms with E-state index >= 15 is 0 Å². The third kappa shape index (κ3) is 1.71. The number of rotatable bonds is 2. The molecule has 1 heterocycles. The summed E-state index contributed by atoms with van der Waals surface area (Å²) in [4.78, 5) is 23.4. The van der Waals surface area contributed by atoms with Crippen molar-refractivity contribution >= 4 is 12.1 Å². The summed E-state index contributed by atoms with van der Waals surface area (Å²) in [5.41, 5.74) is 2.89. The normalized spacial score (nSPS) is 10.4. The number of nitrogen functional groups attached to an aromatic ring is 1. The second kappa shape index (κ2) is 3.34. The first kappa shape index (κ1) is 9.37. The third-order valence-electron chi connectivity index (χ3n) is 1.46. The van der Waals surface area contributed by atoms with E-state index in [9.17, 15) is 18.4 Å². The molecule has 0 aliphatic rings. The highest BCUT2D eigenvalue weighted by molar-refractivity contribution is 5.75. The minimum absolute atomic E-state index is 0.114. The first-order valence-corrected chi connectivity index (χ1v) is 3.32. The maximum Gasteiger partial charge on any atom is 0.269 e. The quantitative estimate of drug-likeness (QED) is 0.671. The van der Waals surface area contributed by atoms with Crippen molar-refractivity contribution in [1.82, 2.24) is 4.98 Å². The fourth-order valence-electron chi connectivity index (χ4n) is 0.929. The van der Waals surface area contributed by atoms with Gasteiger partial charge in [0.15, 0.2) is 11.7 Å². The zero-order chi connectivity index (χ0) is 10.0. The van der Waals surface area contributed by atoms with Gasteiger partial charge in [-0.05, 0) is 0 Å². The summed E-state index contributed by atoms with van der Waals surface area (Å²) >= 11 is 0. The number of pyridine rings is 1. The highest BCUT2D eigenvalue weighted by Gasteiger charge is 2.17. The Bertz CT molecular complexity index is 387. The molecule has 0 saturated heterocycles. The number of carbonyl (C=O) groups is 1. The molecule has 1 aromatic rings. The molecule has 70 valence electrons. The zero-order valence-electron chi connectivity index (χ0n) is 6.38. The lowest BCUT2D eigenvalue weighted by Gasteiger charge is -2.02. The molecular formula is C7H6F2N2O2. The van der Waals surface area contributed by atoms with Gasteiger partial charge in [0.2, 0.25) is 0 Å². The molecule has 0 saturated carbocycles. The molecule has 0 spiro atoms. The van der Waals surface area contributed by atoms with Crippen LogP contribution in [0.2, 0.25) is 0 Å². The number of nitrogens with two attached hydrogens (primary N) is 1. The van der Waals surface area contributed by atoms with Crippen LogP contribution in [0.1, 0.15) is 22.5 Å². The Hall–Kier alpha value is -1.72. The largest absolute Gasteiger partial charge is 0.385 e. The summed E-state index contributed by atoms with van der Waals surface area (Å²) in [6.45, 7) is 0. The van der Waals surface area contributed by atoms with E-state index in [1.54, 1.807) is 0 Å². The average molecular weight is 188 g/mol. The third-order valence-corrected chi connectivity index (χ3v) is 1.46. The van der Waals surface area contributed by atoms with E-state index in [0.717, 1.165) is 6.07 Å². The number of H-pyrrole nitrogens is 1. The molecule has 1 rings (SSSR count). The van der Waals surface area contributed by atoms with Gasteiger partial charge in [-0.25, -0.2) is 8.78 Å². The summed E-state index contributed by atoms with van der Waals surface area (Å²) in [5, 5.41) is 0. The van der Waals surface area contributed by atoms with Gasteiger partial charge >= 0.3 is 0 Å². The number of alkyl halides is 2. The van der Waals surface area contributed by atoms with Crippen LogP contribution in [0.25, 0.3) is 0 Å². The molecule has 6 heteroatoms. The van der Waals surface area contributed by atoms with Gasteiger partial charge in [0, 0.05) is 6.07 Å². The minimum atomic E-state index is -2.98. The molecule has 0 fully saturated rings. The Balaban J connectivity index is 3.47. The maximum absolute atomic E-state index is 12.2. The Morgan fingerprint density at radius 1 is 1.54 bits per heavy atom. The molecule has 0 atom stereocenters. The summed E-state index contributed by atoms with van der Waals surface area (Å²) in [6, 6.07) is 0.814. The van der Waals surface area contributed by atoms with Gasteiger partial charge in [-0.15, -0.1) is 0 Å². The van der Waals surface area contributed by atoms with E-state index in [4.69, 9.17) is 5.73 Å². The number of carbonyl (C=O) groups excluding carboxylic acids is 1. The predicted molar refractivity (Wildman–Crippen MR) is 41.8 cm³/mol. The monoisotopic (exact) mass is 188 g/mol. The summed E-state index contributed by atoms with van der Waals surface area (Å²) in [6.07, 6.45) is -2.84. The summed E-state index contributed by atoms with van der Waals surface area (Å²) in [5.74, 6) is -0.114. The lowest BCUT2D eigenvalue weighted by Crippen LogP contribution is -2.15. The van der Waals surface area contributed by atoms with Gasteiger partial charge in [-0.3, -0.25) is 9.59 Å². The Morgan fingerprint density at radius 2 is 2.15 bits per heavy atom. The fourth-order valence-corrected chi connectivity index (χ4v) is 0.929. The van der Waals surface area contributed by atoms with Crippen LogP contribution in [0.4, 0.5) is 14.6 Å². The van der Waals surface area contributed by atoms with E-state index in [0.29, 0.717) is 0 Å². The molecule has 0 aromatic carbocycles. The van der Waals surface area contributed by atoms with Crippen molar-refractivity contribution in [2.45, 2.75) is 6.43 Å². The van der Waals surface area contributed by atoms with Crippen LogP contribution in [0.3, 0.4) is 0 Å². The molecule has 0 aliphatic carbocycles. The van der Waals surface area contributed by atoms with E-state index in [1.165, 1.54) is 0 Å². The fraction of sp³-hybridized carbons (Fsp3) is 0.143. The maximum atomic E-state index is 12.2. The second-order valence-corrected chi connectivity index (χ2v) is 2.33. The second-order valence-electron chi connectivity index (χ2n) is 2.33. The Kier molecular flexibility index (Phi) is 2.41. The van der Waals surface area contributed by atoms with E-state index in [1.807, 2.05) is 0 Å². The van der Waals surface area contributed by atoms with Crippen LogP contribution in [-0.2, 0) is 0 Å². The number of hydrogen-bond donors (Lipinski definition) is 2. The molecule has 1 aromatic heterocycles. The van der Waals surface area contributed by atoms with Crippen molar-refractivity contribution < 1.29 is 13.6 Å². The smallest absolute Gasteiger partial charge is 0.269 e. The van der Waals surface area contributed by atoms with E-state index < -0.39 is 23.1 Å². The number of hydrogen-bond acceptors (Lipinski definition) is 3. The van der Waals surface area contributed by atoms with Crippen LogP contribution in [0, 0.1) is 0 Å². The molecule has 4 nitrogen and oxygen atoms in total. The van der Waals surface area contributed by atoms with Crippen LogP contribution in [0.15, 0.2) is 10.9 Å². The van der Waals surface area contributed by atoms with E-state index in [2.05, 4.69) is 4.98 Å². The lowest BCUT2D eigenvalue weighted by molar-refractivity contribution is 0.110. The molecule has 0 amide bonds. The standard InChI is InChI=1S/C7H6F2N2O2/c8-7(9)6-3(2-12)11-5(10)1-4(6)13/h1-2,7H,(H3,10,11,13). The molecule has 0 aliphatic heterocycles. The zero-order valence-corrected chi connectivity index (χ0v) is 6.38. The van der Waals surface area contributed by atoms with Crippen LogP contribution in [-0.4, -0.2) is 11.3 Å². The van der Waals surface area contributed by atoms with Crippen molar-refractivity contribution in [3.8, 4) is 0 Å². The van der Waals surface area contributed by atoms with Gasteiger partial charge in [0.1, 0.15) is 5.82 Å². The average Bonchev–Trinajstić information content (AvgIpc) is 2.01. The highest BCUT2D eigenvalue weighted by Crippen LogP contribution is 2.17. The van der Waals surface area contributed by atoms with Crippen molar-refractivity contribution in [2.24, 2.45) is 0 Å².